The van der Waals surface area contributed by atoms with Crippen LogP contribution in [0.4, 0.5) is 0 Å². The number of hydrogen-bond donors (Lipinski definition) is 0. The van der Waals surface area contributed by atoms with Crippen molar-refractivity contribution in [3.8, 4) is 0 Å². The smallest absolute Gasteiger partial charge is 0.0649 e. The first-order valence-electron chi connectivity index (χ1n) is 10.2. The number of hydrogen-bond acceptors (Lipinski definition) is 1. The van der Waals surface area contributed by atoms with Gasteiger partial charge in [0.15, 0.2) is 0 Å². The molecule has 0 spiro atoms. The standard InChI is InChI=1S/C21H25N.C6H10/c1-5-14-22-21(20-9-7-6-8-17(20)3)13-12-19-11-10-16(2)18(4)15-19;1-3-5-6-4-2/h6-13,15H,5,14H2,1-4H3;3,5-6H,1,4H2,2H3/b13-12+,22-21?;6-5+. The van der Waals surface area contributed by atoms with E-state index < -0.39 is 0 Å². The second-order valence-electron chi connectivity index (χ2n) is 6.83. The lowest BCUT2D eigenvalue weighted by molar-refractivity contribution is 0.933. The minimum absolute atomic E-state index is 0.862. The second kappa shape index (κ2) is 13.5. The molecule has 0 unspecified atom stereocenters. The van der Waals surface area contributed by atoms with E-state index in [-0.39, 0.29) is 0 Å². The quantitative estimate of drug-likeness (QED) is 0.349. The second-order valence-corrected chi connectivity index (χ2v) is 6.83. The molecule has 0 aromatic heterocycles. The van der Waals surface area contributed by atoms with Gasteiger partial charge >= 0.3 is 0 Å². The van der Waals surface area contributed by atoms with E-state index in [0.29, 0.717) is 0 Å². The topological polar surface area (TPSA) is 12.4 Å². The van der Waals surface area contributed by atoms with E-state index >= 15 is 0 Å². The predicted octanol–water partition coefficient (Wildman–Crippen LogP) is 7.66. The molecule has 0 aliphatic carbocycles. The first kappa shape index (κ1) is 23.4. The Bertz CT molecular complexity index is 822. The van der Waals surface area contributed by atoms with Gasteiger partial charge in [-0.1, -0.05) is 87.2 Å². The highest BCUT2D eigenvalue weighted by atomic mass is 14.7. The zero-order valence-electron chi connectivity index (χ0n) is 18.2. The number of aliphatic imine (C=N–C) groups is 1. The maximum absolute atomic E-state index is 4.76. The molecular weight excluding hydrogens is 338 g/mol. The van der Waals surface area contributed by atoms with Crippen molar-refractivity contribution in [1.29, 1.82) is 0 Å². The fourth-order valence-corrected chi connectivity index (χ4v) is 2.60. The Labute approximate surface area is 172 Å². The molecule has 148 valence electrons. The number of aryl methyl sites for hydroxylation is 3. The third-order valence-electron chi connectivity index (χ3n) is 4.40. The van der Waals surface area contributed by atoms with Crippen molar-refractivity contribution in [1.82, 2.24) is 0 Å². The minimum atomic E-state index is 0.862. The molecule has 0 bridgehead atoms. The summed E-state index contributed by atoms with van der Waals surface area (Å²) >= 11 is 0. The van der Waals surface area contributed by atoms with Crippen LogP contribution >= 0.6 is 0 Å². The molecule has 2 aromatic carbocycles. The normalized spacial score (nSPS) is 11.5. The predicted molar refractivity (Wildman–Crippen MR) is 127 cm³/mol. The van der Waals surface area contributed by atoms with Crippen LogP contribution in [-0.2, 0) is 0 Å². The van der Waals surface area contributed by atoms with Crippen molar-refractivity contribution < 1.29 is 0 Å². The highest BCUT2D eigenvalue weighted by Gasteiger charge is 2.03. The Kier molecular flexibility index (Phi) is 11.3. The van der Waals surface area contributed by atoms with Gasteiger partial charge in [-0.2, -0.15) is 0 Å². The summed E-state index contributed by atoms with van der Waals surface area (Å²) in [6, 6.07) is 15.0. The Hall–Kier alpha value is -2.67. The average Bonchev–Trinajstić information content (AvgIpc) is 2.70. The van der Waals surface area contributed by atoms with Gasteiger partial charge in [-0.25, -0.2) is 0 Å². The van der Waals surface area contributed by atoms with Crippen molar-refractivity contribution >= 4 is 11.8 Å². The van der Waals surface area contributed by atoms with Crippen LogP contribution in [0.25, 0.3) is 6.08 Å². The highest BCUT2D eigenvalue weighted by Crippen LogP contribution is 2.14. The van der Waals surface area contributed by atoms with E-state index in [9.17, 15) is 0 Å². The third-order valence-corrected chi connectivity index (χ3v) is 4.40. The van der Waals surface area contributed by atoms with E-state index in [1.807, 2.05) is 6.08 Å². The summed E-state index contributed by atoms with van der Waals surface area (Å²) in [7, 11) is 0. The zero-order chi connectivity index (χ0) is 20.8. The third kappa shape index (κ3) is 8.35. The maximum Gasteiger partial charge on any atom is 0.0649 e. The summed E-state index contributed by atoms with van der Waals surface area (Å²) in [5, 5.41) is 0. The van der Waals surface area contributed by atoms with Gasteiger partial charge < -0.3 is 0 Å². The van der Waals surface area contributed by atoms with Crippen LogP contribution in [0, 0.1) is 20.8 Å². The fraction of sp³-hybridized carbons (Fsp3) is 0.296. The summed E-state index contributed by atoms with van der Waals surface area (Å²) in [5.74, 6) is 0. The molecule has 1 nitrogen and oxygen atoms in total. The molecule has 0 heterocycles. The highest BCUT2D eigenvalue weighted by molar-refractivity contribution is 6.11. The molecule has 2 aromatic rings. The van der Waals surface area contributed by atoms with Crippen molar-refractivity contribution in [2.75, 3.05) is 6.54 Å². The van der Waals surface area contributed by atoms with Crippen LogP contribution in [0.15, 0.2) is 78.3 Å². The summed E-state index contributed by atoms with van der Waals surface area (Å²) in [5.41, 5.74) is 7.43. The average molecular weight is 374 g/mol. The lowest BCUT2D eigenvalue weighted by Crippen LogP contribution is -2.01. The molecule has 0 atom stereocenters. The molecule has 0 saturated heterocycles. The van der Waals surface area contributed by atoms with Crippen LogP contribution in [-0.4, -0.2) is 12.3 Å². The van der Waals surface area contributed by atoms with Gasteiger partial charge in [0, 0.05) is 12.1 Å². The Balaban J connectivity index is 0.000000568. The molecule has 0 aliphatic rings. The molecule has 0 fully saturated rings. The van der Waals surface area contributed by atoms with Crippen LogP contribution < -0.4 is 0 Å². The lowest BCUT2D eigenvalue weighted by Gasteiger charge is -2.06. The lowest BCUT2D eigenvalue weighted by atomic mass is 10.0. The molecule has 0 N–H and O–H groups in total. The van der Waals surface area contributed by atoms with Crippen molar-refractivity contribution in [2.24, 2.45) is 4.99 Å². The fourth-order valence-electron chi connectivity index (χ4n) is 2.60. The molecule has 2 rings (SSSR count). The monoisotopic (exact) mass is 373 g/mol. The van der Waals surface area contributed by atoms with Gasteiger partial charge in [0.05, 0.1) is 5.71 Å². The van der Waals surface area contributed by atoms with Crippen LogP contribution in [0.5, 0.6) is 0 Å². The van der Waals surface area contributed by atoms with Gasteiger partial charge in [0.25, 0.3) is 0 Å². The van der Waals surface area contributed by atoms with E-state index in [1.165, 1.54) is 27.8 Å². The largest absolute Gasteiger partial charge is 0.285 e. The molecule has 0 radical (unpaired) electrons. The van der Waals surface area contributed by atoms with Crippen molar-refractivity contribution in [3.05, 3.63) is 101 Å². The Morgan fingerprint density at radius 3 is 2.29 bits per heavy atom. The van der Waals surface area contributed by atoms with Crippen LogP contribution in [0.1, 0.15) is 54.5 Å². The van der Waals surface area contributed by atoms with E-state index in [4.69, 9.17) is 4.99 Å². The number of benzene rings is 2. The summed E-state index contributed by atoms with van der Waals surface area (Å²) in [4.78, 5) is 4.76. The molecular formula is C27H35N. The molecule has 0 saturated carbocycles. The van der Waals surface area contributed by atoms with Gasteiger partial charge in [-0.15, -0.1) is 0 Å². The van der Waals surface area contributed by atoms with E-state index in [2.05, 4.69) is 102 Å². The van der Waals surface area contributed by atoms with Crippen molar-refractivity contribution in [3.63, 3.8) is 0 Å². The van der Waals surface area contributed by atoms with Gasteiger partial charge in [-0.3, -0.25) is 4.99 Å². The molecule has 1 heteroatoms. The minimum Gasteiger partial charge on any atom is -0.285 e. The summed E-state index contributed by atoms with van der Waals surface area (Å²) in [6.45, 7) is 15.1. The molecule has 0 amide bonds. The number of rotatable bonds is 7. The van der Waals surface area contributed by atoms with Crippen molar-refractivity contribution in [2.45, 2.75) is 47.5 Å². The molecule has 0 aliphatic heterocycles. The molecule has 28 heavy (non-hydrogen) atoms. The van der Waals surface area contributed by atoms with Gasteiger partial charge in [-0.05, 0) is 61.9 Å². The Morgan fingerprint density at radius 1 is 0.964 bits per heavy atom. The van der Waals surface area contributed by atoms with Gasteiger partial charge in [0.2, 0.25) is 0 Å². The zero-order valence-corrected chi connectivity index (χ0v) is 18.2. The first-order valence-corrected chi connectivity index (χ1v) is 10.2. The SMILES string of the molecule is C=C/C=C/CC.CCCN=C(/C=C/c1ccc(C)c(C)c1)c1ccccc1C. The first-order chi connectivity index (χ1) is 13.5. The van der Waals surface area contributed by atoms with Gasteiger partial charge in [0.1, 0.15) is 0 Å². The van der Waals surface area contributed by atoms with Crippen LogP contribution in [0.2, 0.25) is 0 Å². The summed E-state index contributed by atoms with van der Waals surface area (Å²) in [6.07, 6.45) is 12.3. The summed E-state index contributed by atoms with van der Waals surface area (Å²) < 4.78 is 0. The van der Waals surface area contributed by atoms with Crippen LogP contribution in [0.3, 0.4) is 0 Å². The van der Waals surface area contributed by atoms with E-state index in [1.54, 1.807) is 6.08 Å². The number of allylic oxidation sites excluding steroid dienone is 4. The Morgan fingerprint density at radius 2 is 1.71 bits per heavy atom. The maximum atomic E-state index is 4.76. The number of nitrogens with zero attached hydrogens (tertiary/aromatic N) is 1. The van der Waals surface area contributed by atoms with E-state index in [0.717, 1.165) is 25.1 Å².